The Hall–Kier alpha value is -0.610. The lowest BCUT2D eigenvalue weighted by molar-refractivity contribution is -0.150. The number of nitrogens with one attached hydrogen (secondary N) is 1. The molecule has 0 aliphatic carbocycles. The molecule has 4 nitrogen and oxygen atoms in total. The van der Waals surface area contributed by atoms with Gasteiger partial charge in [0, 0.05) is 26.8 Å². The van der Waals surface area contributed by atoms with E-state index in [-0.39, 0.29) is 11.4 Å². The summed E-state index contributed by atoms with van der Waals surface area (Å²) in [5.41, 5.74) is -0.311. The highest BCUT2D eigenvalue weighted by molar-refractivity contribution is 5.76. The first-order valence-corrected chi connectivity index (χ1v) is 6.03. The highest BCUT2D eigenvalue weighted by Gasteiger charge is 2.29. The molecule has 0 aromatic heterocycles. The van der Waals surface area contributed by atoms with Gasteiger partial charge in [0.25, 0.3) is 0 Å². The van der Waals surface area contributed by atoms with Gasteiger partial charge in [0.1, 0.15) is 0 Å². The molecule has 0 aliphatic heterocycles. The second-order valence-corrected chi connectivity index (χ2v) is 5.89. The van der Waals surface area contributed by atoms with Crippen molar-refractivity contribution in [2.45, 2.75) is 34.1 Å². The zero-order valence-corrected chi connectivity index (χ0v) is 12.1. The summed E-state index contributed by atoms with van der Waals surface area (Å²) < 4.78 is 9.84. The molecule has 0 atom stereocenters. The zero-order valence-electron chi connectivity index (χ0n) is 12.1. The molecule has 0 bridgehead atoms. The number of rotatable bonds is 8. The molecule has 0 aromatic carbocycles. The van der Waals surface area contributed by atoms with Gasteiger partial charge >= 0.3 is 5.97 Å². The van der Waals surface area contributed by atoms with E-state index in [1.54, 1.807) is 7.11 Å². The largest absolute Gasteiger partial charge is 0.469 e. The fourth-order valence-corrected chi connectivity index (χ4v) is 1.53. The van der Waals surface area contributed by atoms with Gasteiger partial charge in [-0.2, -0.15) is 0 Å². The Morgan fingerprint density at radius 1 is 1.12 bits per heavy atom. The second kappa shape index (κ2) is 6.97. The first-order valence-electron chi connectivity index (χ1n) is 6.03. The topological polar surface area (TPSA) is 47.6 Å². The van der Waals surface area contributed by atoms with Gasteiger partial charge < -0.3 is 14.8 Å². The van der Waals surface area contributed by atoms with Crippen LogP contribution in [0.25, 0.3) is 0 Å². The van der Waals surface area contributed by atoms with Crippen molar-refractivity contribution in [2.24, 2.45) is 10.8 Å². The predicted octanol–water partition coefficient (Wildman–Crippen LogP) is 1.84. The minimum atomic E-state index is -0.480. The molecule has 0 saturated heterocycles. The number of carbonyl (C=O) groups excluding carboxylic acids is 1. The van der Waals surface area contributed by atoms with Gasteiger partial charge in [-0.25, -0.2) is 0 Å². The van der Waals surface area contributed by atoms with Crippen LogP contribution in [-0.4, -0.2) is 39.9 Å². The highest BCUT2D eigenvalue weighted by Crippen LogP contribution is 2.20. The van der Waals surface area contributed by atoms with E-state index in [1.165, 1.54) is 7.11 Å². The molecule has 102 valence electrons. The first-order chi connectivity index (χ1) is 7.75. The van der Waals surface area contributed by atoms with Gasteiger partial charge in [0.2, 0.25) is 0 Å². The van der Waals surface area contributed by atoms with Crippen LogP contribution in [0, 0.1) is 10.8 Å². The van der Waals surface area contributed by atoms with E-state index in [2.05, 4.69) is 19.2 Å². The van der Waals surface area contributed by atoms with Gasteiger partial charge in [-0.3, -0.25) is 4.79 Å². The summed E-state index contributed by atoms with van der Waals surface area (Å²) in [6.07, 6.45) is 0.995. The lowest BCUT2D eigenvalue weighted by Crippen LogP contribution is -2.40. The Bertz CT molecular complexity index is 237. The van der Waals surface area contributed by atoms with Crippen LogP contribution in [-0.2, 0) is 14.3 Å². The molecule has 0 heterocycles. The quantitative estimate of drug-likeness (QED) is 0.663. The molecular formula is C13H27NO3. The van der Waals surface area contributed by atoms with Crippen LogP contribution >= 0.6 is 0 Å². The monoisotopic (exact) mass is 245 g/mol. The smallest absolute Gasteiger partial charge is 0.312 e. The van der Waals surface area contributed by atoms with Crippen LogP contribution in [0.15, 0.2) is 0 Å². The van der Waals surface area contributed by atoms with Crippen LogP contribution in [0.5, 0.6) is 0 Å². The molecule has 4 heteroatoms. The SMILES string of the molecule is COCCC(C)(C)CNCC(C)(C)C(=O)OC. The average molecular weight is 245 g/mol. The molecule has 0 spiro atoms. The van der Waals surface area contributed by atoms with Crippen molar-refractivity contribution in [2.75, 3.05) is 33.9 Å². The molecule has 0 saturated carbocycles. The second-order valence-electron chi connectivity index (χ2n) is 5.89. The van der Waals surface area contributed by atoms with Crippen LogP contribution in [0.2, 0.25) is 0 Å². The summed E-state index contributed by atoms with van der Waals surface area (Å²) in [5, 5.41) is 3.33. The average Bonchev–Trinajstić information content (AvgIpc) is 2.24. The van der Waals surface area contributed by atoms with Crippen molar-refractivity contribution in [3.05, 3.63) is 0 Å². The maximum atomic E-state index is 11.5. The van der Waals surface area contributed by atoms with E-state index in [4.69, 9.17) is 9.47 Å². The molecule has 17 heavy (non-hydrogen) atoms. The van der Waals surface area contributed by atoms with E-state index in [1.807, 2.05) is 13.8 Å². The van der Waals surface area contributed by atoms with Crippen molar-refractivity contribution in [3.63, 3.8) is 0 Å². The zero-order chi connectivity index (χ0) is 13.5. The van der Waals surface area contributed by atoms with Crippen molar-refractivity contribution in [3.8, 4) is 0 Å². The number of ether oxygens (including phenoxy) is 2. The van der Waals surface area contributed by atoms with Crippen molar-refractivity contribution in [1.29, 1.82) is 0 Å². The number of hydrogen-bond acceptors (Lipinski definition) is 4. The lowest BCUT2D eigenvalue weighted by Gasteiger charge is -2.28. The van der Waals surface area contributed by atoms with Gasteiger partial charge in [-0.15, -0.1) is 0 Å². The maximum Gasteiger partial charge on any atom is 0.312 e. The molecule has 0 amide bonds. The Balaban J connectivity index is 4.01. The Morgan fingerprint density at radius 3 is 2.18 bits per heavy atom. The molecule has 0 rings (SSSR count). The molecule has 1 N–H and O–H groups in total. The van der Waals surface area contributed by atoms with Gasteiger partial charge in [-0.1, -0.05) is 13.8 Å². The van der Waals surface area contributed by atoms with Crippen LogP contribution < -0.4 is 5.32 Å². The number of carbonyl (C=O) groups is 1. The van der Waals surface area contributed by atoms with Crippen LogP contribution in [0.1, 0.15) is 34.1 Å². The minimum absolute atomic E-state index is 0.169. The van der Waals surface area contributed by atoms with E-state index >= 15 is 0 Å². The van der Waals surface area contributed by atoms with Crippen LogP contribution in [0.4, 0.5) is 0 Å². The summed E-state index contributed by atoms with van der Waals surface area (Å²) >= 11 is 0. The van der Waals surface area contributed by atoms with E-state index in [0.717, 1.165) is 19.6 Å². The Labute approximate surface area is 105 Å². The van der Waals surface area contributed by atoms with E-state index in [9.17, 15) is 4.79 Å². The number of methoxy groups -OCH3 is 2. The number of esters is 1. The molecule has 0 fully saturated rings. The fraction of sp³-hybridized carbons (Fsp3) is 0.923. The normalized spacial score (nSPS) is 12.6. The fourth-order valence-electron chi connectivity index (χ4n) is 1.53. The minimum Gasteiger partial charge on any atom is -0.469 e. The first kappa shape index (κ1) is 16.4. The van der Waals surface area contributed by atoms with Crippen molar-refractivity contribution >= 4 is 5.97 Å². The van der Waals surface area contributed by atoms with Crippen molar-refractivity contribution < 1.29 is 14.3 Å². The van der Waals surface area contributed by atoms with E-state index in [0.29, 0.717) is 6.54 Å². The molecule has 0 aliphatic rings. The summed E-state index contributed by atoms with van der Waals surface area (Å²) in [5.74, 6) is -0.181. The van der Waals surface area contributed by atoms with Gasteiger partial charge in [0.15, 0.2) is 0 Å². The molecule has 0 radical (unpaired) electrons. The summed E-state index contributed by atoms with van der Waals surface area (Å²) in [6.45, 7) is 10.4. The van der Waals surface area contributed by atoms with Crippen molar-refractivity contribution in [1.82, 2.24) is 5.32 Å². The maximum absolute atomic E-state index is 11.5. The third-order valence-electron chi connectivity index (χ3n) is 2.89. The predicted molar refractivity (Wildman–Crippen MR) is 68.9 cm³/mol. The Kier molecular flexibility index (Phi) is 6.72. The lowest BCUT2D eigenvalue weighted by atomic mass is 9.88. The van der Waals surface area contributed by atoms with Gasteiger partial charge in [-0.05, 0) is 25.7 Å². The van der Waals surface area contributed by atoms with Gasteiger partial charge in [0.05, 0.1) is 12.5 Å². The number of hydrogen-bond donors (Lipinski definition) is 1. The third-order valence-corrected chi connectivity index (χ3v) is 2.89. The summed E-state index contributed by atoms with van der Waals surface area (Å²) in [6, 6.07) is 0. The molecule has 0 aromatic rings. The molecule has 0 unspecified atom stereocenters. The van der Waals surface area contributed by atoms with Crippen LogP contribution in [0.3, 0.4) is 0 Å². The highest BCUT2D eigenvalue weighted by atomic mass is 16.5. The standard InChI is InChI=1S/C13H27NO3/c1-12(2,7-8-16-5)9-14-10-13(3,4)11(15)17-6/h14H,7-10H2,1-6H3. The summed E-state index contributed by atoms with van der Waals surface area (Å²) in [7, 11) is 3.14. The summed E-state index contributed by atoms with van der Waals surface area (Å²) in [4.78, 5) is 11.5. The Morgan fingerprint density at radius 2 is 1.71 bits per heavy atom. The molecular weight excluding hydrogens is 218 g/mol. The van der Waals surface area contributed by atoms with E-state index < -0.39 is 5.41 Å². The third kappa shape index (κ3) is 6.64.